The van der Waals surface area contributed by atoms with E-state index in [2.05, 4.69) is 5.32 Å². The third-order valence-electron chi connectivity index (χ3n) is 3.58. The summed E-state index contributed by atoms with van der Waals surface area (Å²) >= 11 is 0. The van der Waals surface area contributed by atoms with E-state index in [0.717, 1.165) is 5.56 Å². The van der Waals surface area contributed by atoms with Crippen LogP contribution in [-0.2, 0) is 19.7 Å². The summed E-state index contributed by atoms with van der Waals surface area (Å²) in [4.78, 5) is 12.4. The molecule has 20 heavy (non-hydrogen) atoms. The van der Waals surface area contributed by atoms with Crippen LogP contribution in [0.1, 0.15) is 19.4 Å². The molecular weight excluding hydrogens is 256 g/mol. The lowest BCUT2D eigenvalue weighted by Gasteiger charge is -2.27. The number of hydrogen-bond acceptors (Lipinski definition) is 4. The van der Waals surface area contributed by atoms with Crippen molar-refractivity contribution >= 4 is 11.6 Å². The highest BCUT2D eigenvalue weighted by Crippen LogP contribution is 2.24. The summed E-state index contributed by atoms with van der Waals surface area (Å²) < 4.78 is 10.8. The Morgan fingerprint density at radius 3 is 2.65 bits per heavy atom. The van der Waals surface area contributed by atoms with Crippen molar-refractivity contribution in [3.05, 3.63) is 29.8 Å². The fourth-order valence-electron chi connectivity index (χ4n) is 2.11. The third-order valence-corrected chi connectivity index (χ3v) is 3.58. The Labute approximate surface area is 119 Å². The highest BCUT2D eigenvalue weighted by atomic mass is 16.6. The van der Waals surface area contributed by atoms with Gasteiger partial charge in [0, 0.05) is 12.2 Å². The molecule has 0 bridgehead atoms. The maximum absolute atomic E-state index is 12.4. The topological polar surface area (TPSA) is 73.6 Å². The third kappa shape index (κ3) is 3.49. The Kier molecular flexibility index (Phi) is 4.62. The van der Waals surface area contributed by atoms with Gasteiger partial charge in [0.2, 0.25) is 5.91 Å². The number of rotatable bonds is 4. The molecule has 5 heteroatoms. The quantitative estimate of drug-likeness (QED) is 0.808. The van der Waals surface area contributed by atoms with Gasteiger partial charge in [0.05, 0.1) is 31.3 Å². The molecule has 1 heterocycles. The predicted octanol–water partition coefficient (Wildman–Crippen LogP) is 1.08. The summed E-state index contributed by atoms with van der Waals surface area (Å²) in [5.41, 5.74) is 6.69. The van der Waals surface area contributed by atoms with E-state index in [1.54, 1.807) is 0 Å². The van der Waals surface area contributed by atoms with E-state index in [9.17, 15) is 4.79 Å². The molecule has 0 spiro atoms. The van der Waals surface area contributed by atoms with Gasteiger partial charge < -0.3 is 20.5 Å². The number of carbonyl (C=O) groups is 1. The van der Waals surface area contributed by atoms with Crippen LogP contribution in [0.4, 0.5) is 5.69 Å². The van der Waals surface area contributed by atoms with Crippen LogP contribution < -0.4 is 11.1 Å². The summed E-state index contributed by atoms with van der Waals surface area (Å²) in [6, 6.07) is 7.38. The molecule has 0 aromatic heterocycles. The Bertz CT molecular complexity index is 451. The second-order valence-corrected chi connectivity index (χ2v) is 5.52. The average Bonchev–Trinajstić information content (AvgIpc) is 2.46. The monoisotopic (exact) mass is 278 g/mol. The minimum atomic E-state index is -0.608. The first-order valence-corrected chi connectivity index (χ1v) is 6.84. The van der Waals surface area contributed by atoms with Gasteiger partial charge in [-0.3, -0.25) is 4.79 Å². The number of benzene rings is 1. The predicted molar refractivity (Wildman–Crippen MR) is 77.4 cm³/mol. The van der Waals surface area contributed by atoms with Gasteiger partial charge in [0.25, 0.3) is 0 Å². The molecule has 1 aromatic carbocycles. The lowest BCUT2D eigenvalue weighted by molar-refractivity contribution is -0.128. The number of nitrogens with two attached hydrogens (primary N) is 1. The Morgan fingerprint density at radius 1 is 1.35 bits per heavy atom. The number of nitrogens with one attached hydrogen (secondary N) is 1. The minimum absolute atomic E-state index is 0.0311. The van der Waals surface area contributed by atoms with Crippen LogP contribution in [0.2, 0.25) is 0 Å². The maximum atomic E-state index is 12.4. The summed E-state index contributed by atoms with van der Waals surface area (Å²) in [7, 11) is 0. The van der Waals surface area contributed by atoms with Gasteiger partial charge in [0.15, 0.2) is 0 Å². The molecule has 110 valence electrons. The van der Waals surface area contributed by atoms with E-state index in [0.29, 0.717) is 32.1 Å². The van der Waals surface area contributed by atoms with Crippen molar-refractivity contribution in [2.45, 2.75) is 25.4 Å². The van der Waals surface area contributed by atoms with Crippen molar-refractivity contribution in [3.63, 3.8) is 0 Å². The molecule has 1 aromatic rings. The number of nitrogen functional groups attached to an aromatic ring is 1. The number of carbonyl (C=O) groups excluding carboxylic acids is 1. The molecule has 1 aliphatic rings. The molecule has 1 unspecified atom stereocenters. The Hall–Kier alpha value is -1.59. The van der Waals surface area contributed by atoms with Crippen molar-refractivity contribution in [1.82, 2.24) is 5.32 Å². The van der Waals surface area contributed by atoms with Crippen LogP contribution in [0.15, 0.2) is 24.3 Å². The first-order valence-electron chi connectivity index (χ1n) is 6.84. The van der Waals surface area contributed by atoms with E-state index in [1.807, 2.05) is 38.1 Å². The first-order chi connectivity index (χ1) is 9.50. The zero-order valence-electron chi connectivity index (χ0n) is 12.0. The molecule has 1 atom stereocenters. The van der Waals surface area contributed by atoms with Crippen molar-refractivity contribution in [2.24, 2.45) is 0 Å². The zero-order valence-corrected chi connectivity index (χ0v) is 12.0. The van der Waals surface area contributed by atoms with E-state index < -0.39 is 5.41 Å². The van der Waals surface area contributed by atoms with Gasteiger partial charge in [-0.25, -0.2) is 0 Å². The van der Waals surface area contributed by atoms with Crippen LogP contribution in [0.3, 0.4) is 0 Å². The van der Waals surface area contributed by atoms with Crippen LogP contribution >= 0.6 is 0 Å². The average molecular weight is 278 g/mol. The van der Waals surface area contributed by atoms with Gasteiger partial charge in [-0.15, -0.1) is 0 Å². The highest BCUT2D eigenvalue weighted by Gasteiger charge is 2.30. The smallest absolute Gasteiger partial charge is 0.230 e. The fourth-order valence-corrected chi connectivity index (χ4v) is 2.11. The molecule has 0 aliphatic carbocycles. The number of hydrogen-bond donors (Lipinski definition) is 2. The zero-order chi connectivity index (χ0) is 14.6. The molecule has 2 rings (SSSR count). The number of ether oxygens (including phenoxy) is 2. The van der Waals surface area contributed by atoms with Crippen molar-refractivity contribution in [3.8, 4) is 0 Å². The standard InChI is InChI=1S/C15H22N2O3/c1-15(2,11-3-5-12(16)6-4-11)14(18)17-9-13-10-19-7-8-20-13/h3-6,13H,7-10,16H2,1-2H3,(H,17,18). The molecular formula is C15H22N2O3. The van der Waals surface area contributed by atoms with Gasteiger partial charge in [0.1, 0.15) is 0 Å². The van der Waals surface area contributed by atoms with Crippen LogP contribution in [0, 0.1) is 0 Å². The molecule has 0 radical (unpaired) electrons. The van der Waals surface area contributed by atoms with Crippen molar-refractivity contribution < 1.29 is 14.3 Å². The molecule has 1 aliphatic heterocycles. The second kappa shape index (κ2) is 6.24. The van der Waals surface area contributed by atoms with Gasteiger partial charge in [-0.2, -0.15) is 0 Å². The lowest BCUT2D eigenvalue weighted by atomic mass is 9.83. The summed E-state index contributed by atoms with van der Waals surface area (Å²) in [6.45, 7) is 6.00. The van der Waals surface area contributed by atoms with Crippen LogP contribution in [0.25, 0.3) is 0 Å². The lowest BCUT2D eigenvalue weighted by Crippen LogP contribution is -2.45. The molecule has 5 nitrogen and oxygen atoms in total. The maximum Gasteiger partial charge on any atom is 0.230 e. The van der Waals surface area contributed by atoms with Crippen molar-refractivity contribution in [2.75, 3.05) is 32.1 Å². The Balaban J connectivity index is 1.94. The molecule has 3 N–H and O–H groups in total. The van der Waals surface area contributed by atoms with Gasteiger partial charge in [-0.05, 0) is 31.5 Å². The summed E-state index contributed by atoms with van der Waals surface area (Å²) in [5.74, 6) is -0.0311. The first kappa shape index (κ1) is 14.8. The number of anilines is 1. The van der Waals surface area contributed by atoms with Crippen LogP contribution in [0.5, 0.6) is 0 Å². The van der Waals surface area contributed by atoms with Crippen molar-refractivity contribution in [1.29, 1.82) is 0 Å². The molecule has 0 saturated carbocycles. The minimum Gasteiger partial charge on any atom is -0.399 e. The largest absolute Gasteiger partial charge is 0.399 e. The summed E-state index contributed by atoms with van der Waals surface area (Å²) in [5, 5.41) is 2.93. The van der Waals surface area contributed by atoms with E-state index in [1.165, 1.54) is 0 Å². The second-order valence-electron chi connectivity index (χ2n) is 5.52. The SMILES string of the molecule is CC(C)(C(=O)NCC1COCCO1)c1ccc(N)cc1. The molecule has 1 amide bonds. The normalized spacial score (nSPS) is 19.6. The van der Waals surface area contributed by atoms with E-state index >= 15 is 0 Å². The van der Waals surface area contributed by atoms with E-state index in [4.69, 9.17) is 15.2 Å². The van der Waals surface area contributed by atoms with Crippen LogP contribution in [-0.4, -0.2) is 38.4 Å². The molecule has 1 fully saturated rings. The van der Waals surface area contributed by atoms with E-state index in [-0.39, 0.29) is 12.0 Å². The van der Waals surface area contributed by atoms with Gasteiger partial charge >= 0.3 is 0 Å². The fraction of sp³-hybridized carbons (Fsp3) is 0.533. The van der Waals surface area contributed by atoms with Gasteiger partial charge in [-0.1, -0.05) is 12.1 Å². The summed E-state index contributed by atoms with van der Waals surface area (Å²) in [6.07, 6.45) is -0.0603. The molecule has 1 saturated heterocycles. The highest BCUT2D eigenvalue weighted by molar-refractivity contribution is 5.87. The Morgan fingerprint density at radius 2 is 2.05 bits per heavy atom. The number of amides is 1.